The predicted molar refractivity (Wildman–Crippen MR) is 74.9 cm³/mol. The molecular formula is C14H13ClF2N2O2. The van der Waals surface area contributed by atoms with Gasteiger partial charge in [-0.2, -0.15) is 8.78 Å². The maximum absolute atomic E-state index is 12.1. The van der Waals surface area contributed by atoms with Crippen molar-refractivity contribution in [1.29, 1.82) is 0 Å². The summed E-state index contributed by atoms with van der Waals surface area (Å²) in [6.45, 7) is 0.840. The van der Waals surface area contributed by atoms with Crippen LogP contribution < -0.4 is 9.47 Å². The Balaban J connectivity index is 2.32. The molecule has 0 spiro atoms. The normalized spacial score (nSPS) is 11.0. The number of alkyl halides is 2. The van der Waals surface area contributed by atoms with Crippen LogP contribution in [0, 0.1) is 0 Å². The van der Waals surface area contributed by atoms with Crippen molar-refractivity contribution < 1.29 is 18.3 Å². The number of halogens is 3. The molecule has 0 saturated heterocycles. The van der Waals surface area contributed by atoms with Crippen LogP contribution in [0.2, 0.25) is 5.02 Å². The molecule has 21 heavy (non-hydrogen) atoms. The van der Waals surface area contributed by atoms with Gasteiger partial charge in [0.1, 0.15) is 5.75 Å². The smallest absolute Gasteiger partial charge is 0.388 e. The number of rotatable bonds is 5. The Kier molecular flexibility index (Phi) is 4.90. The molecule has 2 rings (SSSR count). The van der Waals surface area contributed by atoms with Crippen molar-refractivity contribution in [3.05, 3.63) is 35.6 Å². The summed E-state index contributed by atoms with van der Waals surface area (Å²) in [5.74, 6) is 0.309. The van der Waals surface area contributed by atoms with Gasteiger partial charge in [0, 0.05) is 10.6 Å². The average Bonchev–Trinajstić information content (AvgIpc) is 2.39. The van der Waals surface area contributed by atoms with Crippen LogP contribution in [0.4, 0.5) is 8.78 Å². The molecule has 0 atom stereocenters. The van der Waals surface area contributed by atoms with E-state index in [4.69, 9.17) is 16.3 Å². The lowest BCUT2D eigenvalue weighted by atomic mass is 10.1. The summed E-state index contributed by atoms with van der Waals surface area (Å²) >= 11 is 5.95. The zero-order valence-corrected chi connectivity index (χ0v) is 12.1. The van der Waals surface area contributed by atoms with Crippen molar-refractivity contribution in [2.75, 3.05) is 0 Å². The zero-order valence-electron chi connectivity index (χ0n) is 11.4. The summed E-state index contributed by atoms with van der Waals surface area (Å²) in [7, 11) is 0. The molecule has 0 saturated carbocycles. The molecule has 7 heteroatoms. The summed E-state index contributed by atoms with van der Waals surface area (Å²) < 4.78 is 34.0. The van der Waals surface area contributed by atoms with Crippen LogP contribution in [0.5, 0.6) is 11.6 Å². The van der Waals surface area contributed by atoms with E-state index in [1.165, 1.54) is 6.20 Å². The van der Waals surface area contributed by atoms with Crippen LogP contribution in [0.3, 0.4) is 0 Å². The maximum atomic E-state index is 12.1. The fourth-order valence-corrected chi connectivity index (χ4v) is 1.83. The Hall–Kier alpha value is -1.95. The molecular weight excluding hydrogens is 302 g/mol. The number of nitrogens with zero attached hydrogens (tertiary/aromatic N) is 2. The molecule has 112 valence electrons. The number of hydrogen-bond acceptors (Lipinski definition) is 4. The number of aromatic nitrogens is 2. The lowest BCUT2D eigenvalue weighted by Gasteiger charge is -2.14. The molecule has 0 aliphatic rings. The Morgan fingerprint density at radius 1 is 1.10 bits per heavy atom. The molecule has 0 fully saturated rings. The van der Waals surface area contributed by atoms with E-state index in [2.05, 4.69) is 14.7 Å². The molecule has 1 aromatic heterocycles. The van der Waals surface area contributed by atoms with Crippen molar-refractivity contribution in [3.63, 3.8) is 0 Å². The summed E-state index contributed by atoms with van der Waals surface area (Å²) in [4.78, 5) is 7.84. The zero-order chi connectivity index (χ0) is 15.4. The largest absolute Gasteiger partial charge is 0.490 e. The number of ether oxygens (including phenoxy) is 2. The van der Waals surface area contributed by atoms with Gasteiger partial charge in [-0.05, 0) is 32.0 Å². The maximum Gasteiger partial charge on any atom is 0.388 e. The minimum atomic E-state index is -2.93. The average molecular weight is 315 g/mol. The van der Waals surface area contributed by atoms with E-state index in [1.807, 2.05) is 13.8 Å². The van der Waals surface area contributed by atoms with Crippen LogP contribution in [-0.4, -0.2) is 22.7 Å². The molecule has 0 bridgehead atoms. The molecule has 1 aromatic carbocycles. The standard InChI is InChI=1S/C14H13ClF2N2O2/c1-8(2)20-12-5-9(15)3-4-10(12)11-6-19-13(7-18-11)21-14(16)17/h3-8,14H,1-2H3. The lowest BCUT2D eigenvalue weighted by molar-refractivity contribution is -0.0530. The number of benzene rings is 1. The molecule has 0 aliphatic carbocycles. The van der Waals surface area contributed by atoms with E-state index in [0.29, 0.717) is 22.0 Å². The van der Waals surface area contributed by atoms with Crippen molar-refractivity contribution >= 4 is 11.6 Å². The van der Waals surface area contributed by atoms with Gasteiger partial charge < -0.3 is 9.47 Å². The Bertz CT molecular complexity index is 606. The van der Waals surface area contributed by atoms with Gasteiger partial charge in [0.25, 0.3) is 0 Å². The lowest BCUT2D eigenvalue weighted by Crippen LogP contribution is -2.07. The second-order valence-corrected chi connectivity index (χ2v) is 4.86. The molecule has 0 radical (unpaired) electrons. The molecule has 0 aliphatic heterocycles. The highest BCUT2D eigenvalue weighted by atomic mass is 35.5. The topological polar surface area (TPSA) is 44.2 Å². The first kappa shape index (κ1) is 15.4. The predicted octanol–water partition coefficient (Wildman–Crippen LogP) is 4.19. The highest BCUT2D eigenvalue weighted by molar-refractivity contribution is 6.30. The quantitative estimate of drug-likeness (QED) is 0.830. The molecule has 1 heterocycles. The summed E-state index contributed by atoms with van der Waals surface area (Å²) in [5, 5.41) is 0.528. The van der Waals surface area contributed by atoms with E-state index >= 15 is 0 Å². The minimum absolute atomic E-state index is 0.0448. The number of hydrogen-bond donors (Lipinski definition) is 0. The molecule has 2 aromatic rings. The fraction of sp³-hybridized carbons (Fsp3) is 0.286. The van der Waals surface area contributed by atoms with Gasteiger partial charge in [-0.25, -0.2) is 9.97 Å². The van der Waals surface area contributed by atoms with Crippen molar-refractivity contribution in [2.24, 2.45) is 0 Å². The Morgan fingerprint density at radius 3 is 2.43 bits per heavy atom. The first-order chi connectivity index (χ1) is 9.95. The van der Waals surface area contributed by atoms with E-state index in [9.17, 15) is 8.78 Å². The summed E-state index contributed by atoms with van der Waals surface area (Å²) in [6, 6.07) is 5.09. The Morgan fingerprint density at radius 2 is 1.86 bits per heavy atom. The van der Waals surface area contributed by atoms with Crippen LogP contribution >= 0.6 is 11.6 Å². The van der Waals surface area contributed by atoms with Gasteiger partial charge >= 0.3 is 6.61 Å². The molecule has 0 amide bonds. The third kappa shape index (κ3) is 4.26. The van der Waals surface area contributed by atoms with Gasteiger partial charge in [0.05, 0.1) is 24.2 Å². The first-order valence-corrected chi connectivity index (χ1v) is 6.57. The fourth-order valence-electron chi connectivity index (χ4n) is 1.67. The van der Waals surface area contributed by atoms with Crippen LogP contribution in [0.25, 0.3) is 11.3 Å². The van der Waals surface area contributed by atoms with Gasteiger partial charge in [-0.15, -0.1) is 0 Å². The first-order valence-electron chi connectivity index (χ1n) is 6.19. The molecule has 0 N–H and O–H groups in total. The van der Waals surface area contributed by atoms with E-state index < -0.39 is 6.61 Å². The van der Waals surface area contributed by atoms with Crippen LogP contribution in [0.15, 0.2) is 30.6 Å². The summed E-state index contributed by atoms with van der Waals surface area (Å²) in [6.07, 6.45) is 2.43. The third-order valence-corrected chi connectivity index (χ3v) is 2.66. The van der Waals surface area contributed by atoms with Crippen LogP contribution in [0.1, 0.15) is 13.8 Å². The van der Waals surface area contributed by atoms with Gasteiger partial charge in [0.15, 0.2) is 0 Å². The van der Waals surface area contributed by atoms with Crippen molar-refractivity contribution in [2.45, 2.75) is 26.6 Å². The van der Waals surface area contributed by atoms with Gasteiger partial charge in [0.2, 0.25) is 5.88 Å². The van der Waals surface area contributed by atoms with E-state index in [0.717, 1.165) is 6.20 Å². The molecule has 4 nitrogen and oxygen atoms in total. The van der Waals surface area contributed by atoms with Crippen LogP contribution in [-0.2, 0) is 0 Å². The minimum Gasteiger partial charge on any atom is -0.490 e. The van der Waals surface area contributed by atoms with Gasteiger partial charge in [-0.1, -0.05) is 11.6 Å². The van der Waals surface area contributed by atoms with Gasteiger partial charge in [-0.3, -0.25) is 0 Å². The van der Waals surface area contributed by atoms with E-state index in [-0.39, 0.29) is 12.0 Å². The molecule has 0 unspecified atom stereocenters. The summed E-state index contributed by atoms with van der Waals surface area (Å²) in [5.41, 5.74) is 1.15. The highest BCUT2D eigenvalue weighted by Crippen LogP contribution is 2.32. The third-order valence-electron chi connectivity index (χ3n) is 2.42. The monoisotopic (exact) mass is 314 g/mol. The second kappa shape index (κ2) is 6.67. The van der Waals surface area contributed by atoms with E-state index in [1.54, 1.807) is 18.2 Å². The SMILES string of the molecule is CC(C)Oc1cc(Cl)ccc1-c1cnc(OC(F)F)cn1. The second-order valence-electron chi connectivity index (χ2n) is 4.43. The van der Waals surface area contributed by atoms with Crippen molar-refractivity contribution in [1.82, 2.24) is 9.97 Å². The van der Waals surface area contributed by atoms with Crippen molar-refractivity contribution in [3.8, 4) is 22.9 Å². The highest BCUT2D eigenvalue weighted by Gasteiger charge is 2.12. The Labute approximate surface area is 125 Å².